The number of carbonyl (C=O) groups excluding carboxylic acids is 1. The molecule has 15 heavy (non-hydrogen) atoms. The van der Waals surface area contributed by atoms with Gasteiger partial charge in [-0.3, -0.25) is 9.48 Å². The van der Waals surface area contributed by atoms with Crippen molar-refractivity contribution in [3.8, 4) is 0 Å². The first-order valence-electron chi connectivity index (χ1n) is 4.60. The monoisotopic (exact) mass is 214 g/mol. The first-order chi connectivity index (χ1) is 7.22. The highest BCUT2D eigenvalue weighted by Crippen LogP contribution is 1.87. The van der Waals surface area contributed by atoms with E-state index in [1.54, 1.807) is 4.68 Å². The van der Waals surface area contributed by atoms with Crippen LogP contribution in [0.1, 0.15) is 6.42 Å². The number of amides is 1. The molecule has 0 radical (unpaired) electrons. The van der Waals surface area contributed by atoms with Crippen LogP contribution < -0.4 is 5.32 Å². The molecule has 1 amide bonds. The number of nitrogens with zero attached hydrogens (tertiary/aromatic N) is 3. The summed E-state index contributed by atoms with van der Waals surface area (Å²) in [5.74, 6) is -0.196. The molecular formula is C8H14N4O3. The van der Waals surface area contributed by atoms with Gasteiger partial charge < -0.3 is 15.5 Å². The Labute approximate surface area is 86.7 Å². The Morgan fingerprint density at radius 2 is 2.40 bits per heavy atom. The Balaban J connectivity index is 2.14. The van der Waals surface area contributed by atoms with Gasteiger partial charge in [-0.15, -0.1) is 0 Å². The van der Waals surface area contributed by atoms with Crippen LogP contribution in [0.25, 0.3) is 0 Å². The lowest BCUT2D eigenvalue weighted by Gasteiger charge is -2.08. The molecule has 0 saturated carbocycles. The van der Waals surface area contributed by atoms with Crippen molar-refractivity contribution in [2.24, 2.45) is 0 Å². The molecule has 7 nitrogen and oxygen atoms in total. The second kappa shape index (κ2) is 6.10. The number of aromatic nitrogens is 3. The first-order valence-corrected chi connectivity index (χ1v) is 4.60. The van der Waals surface area contributed by atoms with Gasteiger partial charge in [0.25, 0.3) is 0 Å². The third-order valence-electron chi connectivity index (χ3n) is 1.78. The molecule has 7 heteroatoms. The van der Waals surface area contributed by atoms with Gasteiger partial charge in [-0.25, -0.2) is 4.98 Å². The number of aliphatic hydroxyl groups excluding tert-OH is 2. The fraction of sp³-hybridized carbons (Fsp3) is 0.625. The summed E-state index contributed by atoms with van der Waals surface area (Å²) in [7, 11) is 0. The number of rotatable bonds is 6. The summed E-state index contributed by atoms with van der Waals surface area (Å²) >= 11 is 0. The Kier molecular flexibility index (Phi) is 4.72. The van der Waals surface area contributed by atoms with Crippen LogP contribution in [-0.4, -0.2) is 50.1 Å². The van der Waals surface area contributed by atoms with E-state index in [0.29, 0.717) is 6.54 Å². The standard InChI is InChI=1S/C8H14N4O3/c13-4-7(14)3-10-8(15)1-2-12-6-9-5-11-12/h5-7,13-14H,1-4H2,(H,10,15). The van der Waals surface area contributed by atoms with Gasteiger partial charge in [0.05, 0.1) is 19.3 Å². The fourth-order valence-corrected chi connectivity index (χ4v) is 0.949. The highest BCUT2D eigenvalue weighted by molar-refractivity contribution is 5.75. The van der Waals surface area contributed by atoms with Gasteiger partial charge in [0.2, 0.25) is 5.91 Å². The Morgan fingerprint density at radius 1 is 1.60 bits per heavy atom. The average Bonchev–Trinajstić information content (AvgIpc) is 2.75. The highest BCUT2D eigenvalue weighted by Gasteiger charge is 2.05. The Morgan fingerprint density at radius 3 is 3.00 bits per heavy atom. The molecule has 0 aromatic carbocycles. The number of nitrogens with one attached hydrogen (secondary N) is 1. The normalized spacial score (nSPS) is 12.4. The van der Waals surface area contributed by atoms with Crippen LogP contribution in [0.2, 0.25) is 0 Å². The summed E-state index contributed by atoms with van der Waals surface area (Å²) in [5, 5.41) is 23.8. The lowest BCUT2D eigenvalue weighted by Crippen LogP contribution is -2.34. The molecule has 1 aromatic rings. The molecule has 0 aliphatic rings. The van der Waals surface area contributed by atoms with Crippen molar-refractivity contribution >= 4 is 5.91 Å². The summed E-state index contributed by atoms with van der Waals surface area (Å²) in [6.07, 6.45) is 2.28. The van der Waals surface area contributed by atoms with Gasteiger partial charge in [-0.05, 0) is 0 Å². The first kappa shape index (κ1) is 11.6. The second-order valence-electron chi connectivity index (χ2n) is 3.05. The van der Waals surface area contributed by atoms with E-state index in [1.165, 1.54) is 12.7 Å². The Bertz CT molecular complexity index is 288. The van der Waals surface area contributed by atoms with Crippen molar-refractivity contribution in [2.45, 2.75) is 19.1 Å². The van der Waals surface area contributed by atoms with E-state index in [9.17, 15) is 4.79 Å². The van der Waals surface area contributed by atoms with Gasteiger partial charge in [-0.1, -0.05) is 0 Å². The largest absolute Gasteiger partial charge is 0.394 e. The number of carbonyl (C=O) groups is 1. The van der Waals surface area contributed by atoms with Crippen LogP contribution in [0.5, 0.6) is 0 Å². The third kappa shape index (κ3) is 4.52. The Hall–Kier alpha value is -1.47. The van der Waals surface area contributed by atoms with Crippen molar-refractivity contribution in [1.29, 1.82) is 0 Å². The summed E-state index contributed by atoms with van der Waals surface area (Å²) < 4.78 is 1.54. The van der Waals surface area contributed by atoms with E-state index >= 15 is 0 Å². The van der Waals surface area contributed by atoms with Gasteiger partial charge in [0.15, 0.2) is 0 Å². The average molecular weight is 214 g/mol. The molecule has 0 aliphatic heterocycles. The molecule has 1 rings (SSSR count). The lowest BCUT2D eigenvalue weighted by molar-refractivity contribution is -0.121. The van der Waals surface area contributed by atoms with Crippen molar-refractivity contribution in [3.05, 3.63) is 12.7 Å². The van der Waals surface area contributed by atoms with Gasteiger partial charge in [0, 0.05) is 13.0 Å². The predicted molar refractivity (Wildman–Crippen MR) is 50.7 cm³/mol. The summed E-state index contributed by atoms with van der Waals surface area (Å²) in [6, 6.07) is 0. The van der Waals surface area contributed by atoms with E-state index in [0.717, 1.165) is 0 Å². The molecule has 1 aromatic heterocycles. The summed E-state index contributed by atoms with van der Waals surface area (Å²) in [4.78, 5) is 14.9. The summed E-state index contributed by atoms with van der Waals surface area (Å²) in [6.45, 7) is 0.150. The molecule has 0 saturated heterocycles. The number of aryl methyl sites for hydroxylation is 1. The zero-order valence-electron chi connectivity index (χ0n) is 8.20. The van der Waals surface area contributed by atoms with E-state index in [1.807, 2.05) is 0 Å². The van der Waals surface area contributed by atoms with E-state index in [2.05, 4.69) is 15.4 Å². The van der Waals surface area contributed by atoms with Gasteiger partial charge in [0.1, 0.15) is 12.7 Å². The third-order valence-corrected chi connectivity index (χ3v) is 1.78. The van der Waals surface area contributed by atoms with E-state index < -0.39 is 6.10 Å². The summed E-state index contributed by atoms with van der Waals surface area (Å²) in [5.41, 5.74) is 0. The van der Waals surface area contributed by atoms with Crippen LogP contribution in [0, 0.1) is 0 Å². The molecule has 84 valence electrons. The maximum Gasteiger partial charge on any atom is 0.221 e. The van der Waals surface area contributed by atoms with Gasteiger partial charge in [-0.2, -0.15) is 5.10 Å². The van der Waals surface area contributed by atoms with Crippen LogP contribution in [0.4, 0.5) is 0 Å². The van der Waals surface area contributed by atoms with E-state index in [4.69, 9.17) is 10.2 Å². The van der Waals surface area contributed by atoms with E-state index in [-0.39, 0.29) is 25.5 Å². The minimum absolute atomic E-state index is 0.0622. The molecule has 1 unspecified atom stereocenters. The second-order valence-corrected chi connectivity index (χ2v) is 3.05. The quantitative estimate of drug-likeness (QED) is 0.515. The molecule has 3 N–H and O–H groups in total. The molecule has 1 heterocycles. The van der Waals surface area contributed by atoms with Crippen LogP contribution in [0.15, 0.2) is 12.7 Å². The van der Waals surface area contributed by atoms with Crippen molar-refractivity contribution in [1.82, 2.24) is 20.1 Å². The van der Waals surface area contributed by atoms with Crippen LogP contribution in [-0.2, 0) is 11.3 Å². The topological polar surface area (TPSA) is 100 Å². The van der Waals surface area contributed by atoms with Crippen molar-refractivity contribution in [2.75, 3.05) is 13.2 Å². The highest BCUT2D eigenvalue weighted by atomic mass is 16.3. The van der Waals surface area contributed by atoms with Crippen molar-refractivity contribution < 1.29 is 15.0 Å². The maximum absolute atomic E-state index is 11.2. The maximum atomic E-state index is 11.2. The SMILES string of the molecule is O=C(CCn1cncn1)NCC(O)CO. The lowest BCUT2D eigenvalue weighted by atomic mass is 10.3. The van der Waals surface area contributed by atoms with Gasteiger partial charge >= 0.3 is 0 Å². The molecular weight excluding hydrogens is 200 g/mol. The zero-order chi connectivity index (χ0) is 11.1. The predicted octanol–water partition coefficient (Wildman–Crippen LogP) is -1.86. The van der Waals surface area contributed by atoms with Crippen LogP contribution >= 0.6 is 0 Å². The smallest absolute Gasteiger partial charge is 0.221 e. The molecule has 0 bridgehead atoms. The van der Waals surface area contributed by atoms with Crippen LogP contribution in [0.3, 0.4) is 0 Å². The molecule has 0 spiro atoms. The number of hydrogen-bond acceptors (Lipinski definition) is 5. The number of hydrogen-bond donors (Lipinski definition) is 3. The molecule has 1 atom stereocenters. The number of aliphatic hydroxyl groups is 2. The van der Waals surface area contributed by atoms with Crippen molar-refractivity contribution in [3.63, 3.8) is 0 Å². The fourth-order valence-electron chi connectivity index (χ4n) is 0.949. The zero-order valence-corrected chi connectivity index (χ0v) is 8.20. The molecule has 0 aliphatic carbocycles. The minimum atomic E-state index is -0.902. The molecule has 0 fully saturated rings. The minimum Gasteiger partial charge on any atom is -0.394 e.